The third-order valence-electron chi connectivity index (χ3n) is 5.35. The maximum Gasteiger partial charge on any atom is 0.451 e. The molecule has 3 rings (SSSR count). The Bertz CT molecular complexity index is 739. The Morgan fingerprint density at radius 1 is 1.07 bits per heavy atom. The number of piperidine rings is 1. The number of hydrogen-bond donors (Lipinski definition) is 2. The second-order valence-corrected chi connectivity index (χ2v) is 8.59. The van der Waals surface area contributed by atoms with Crippen molar-refractivity contribution in [3.8, 4) is 0 Å². The smallest absolute Gasteiger partial charge is 0.356 e. The van der Waals surface area contributed by atoms with Crippen LogP contribution in [0, 0.1) is 5.92 Å². The largest absolute Gasteiger partial charge is 0.451 e. The Balaban J connectivity index is 1.51. The molecule has 0 amide bonds. The summed E-state index contributed by atoms with van der Waals surface area (Å²) >= 11 is -1.37. The van der Waals surface area contributed by atoms with Gasteiger partial charge < -0.3 is 14.6 Å². The minimum Gasteiger partial charge on any atom is -0.356 e. The van der Waals surface area contributed by atoms with E-state index in [0.717, 1.165) is 32.0 Å². The van der Waals surface area contributed by atoms with Gasteiger partial charge in [0, 0.05) is 51.8 Å². The zero-order valence-corrected chi connectivity index (χ0v) is 17.5. The summed E-state index contributed by atoms with van der Waals surface area (Å²) in [4.78, 5) is 21.5. The Kier molecular flexibility index (Phi) is 8.00. The fourth-order valence-electron chi connectivity index (χ4n) is 3.49. The van der Waals surface area contributed by atoms with Gasteiger partial charge >= 0.3 is 6.18 Å². The van der Waals surface area contributed by atoms with Gasteiger partial charge in [0.15, 0.2) is 11.2 Å². The molecule has 3 heterocycles. The lowest BCUT2D eigenvalue weighted by molar-refractivity contribution is -0.144. The van der Waals surface area contributed by atoms with Gasteiger partial charge in [-0.05, 0) is 31.6 Å². The van der Waals surface area contributed by atoms with Gasteiger partial charge in [0.25, 0.3) is 0 Å². The second-order valence-electron chi connectivity index (χ2n) is 7.48. The molecule has 0 aromatic carbocycles. The molecule has 0 saturated carbocycles. The normalized spacial score (nSPS) is 18.9. The predicted octanol–water partition coefficient (Wildman–Crippen LogP) is 1.66. The van der Waals surface area contributed by atoms with Crippen LogP contribution in [0.5, 0.6) is 0 Å². The van der Waals surface area contributed by atoms with Crippen molar-refractivity contribution in [1.29, 1.82) is 0 Å². The average Bonchev–Trinajstić information content (AvgIpc) is 2.66. The van der Waals surface area contributed by atoms with Crippen LogP contribution < -0.4 is 19.2 Å². The lowest BCUT2D eigenvalue weighted by Gasteiger charge is -2.35. The monoisotopic (exact) mass is 448 g/mol. The molecule has 0 radical (unpaired) electrons. The summed E-state index contributed by atoms with van der Waals surface area (Å²) < 4.78 is 57.0. The molecule has 1 aromatic heterocycles. The highest BCUT2D eigenvalue weighted by atomic mass is 32.2. The molecule has 1 unspecified atom stereocenters. The van der Waals surface area contributed by atoms with Crippen molar-refractivity contribution >= 4 is 29.1 Å². The van der Waals surface area contributed by atoms with E-state index in [1.54, 1.807) is 6.07 Å². The highest BCUT2D eigenvalue weighted by molar-refractivity contribution is 7.81. The molecule has 0 bridgehead atoms. The van der Waals surface area contributed by atoms with Crippen LogP contribution in [-0.4, -0.2) is 59.7 Å². The van der Waals surface area contributed by atoms with Gasteiger partial charge in [-0.15, -0.1) is 0 Å². The van der Waals surface area contributed by atoms with E-state index in [1.165, 1.54) is 0 Å². The number of carbonyl (C=O) groups excluding carboxylic acids is 1. The van der Waals surface area contributed by atoms with E-state index in [0.29, 0.717) is 63.2 Å². The molecule has 0 aliphatic carbocycles. The van der Waals surface area contributed by atoms with Crippen molar-refractivity contribution in [3.63, 3.8) is 0 Å². The predicted molar refractivity (Wildman–Crippen MR) is 108 cm³/mol. The molecule has 8 nitrogen and oxygen atoms in total. The summed E-state index contributed by atoms with van der Waals surface area (Å²) in [6, 6.07) is 1.66. The second kappa shape index (κ2) is 10.5. The lowest BCUT2D eigenvalue weighted by Crippen LogP contribution is -2.39. The van der Waals surface area contributed by atoms with Crippen LogP contribution in [0.4, 0.5) is 24.8 Å². The number of halogens is 3. The fraction of sp³-hybridized carbons (Fsp3) is 0.722. The zero-order valence-electron chi connectivity index (χ0n) is 16.7. The third-order valence-corrected chi connectivity index (χ3v) is 6.28. The molecule has 2 saturated heterocycles. The van der Waals surface area contributed by atoms with E-state index in [9.17, 15) is 22.2 Å². The van der Waals surface area contributed by atoms with Crippen LogP contribution in [-0.2, 0) is 22.1 Å². The number of anilines is 2. The Labute approximate surface area is 176 Å². The van der Waals surface area contributed by atoms with Crippen molar-refractivity contribution in [2.75, 3.05) is 49.1 Å². The maximum absolute atomic E-state index is 13.2. The molecule has 0 spiro atoms. The summed E-state index contributed by atoms with van der Waals surface area (Å²) in [5.74, 6) is -0.0111. The Morgan fingerprint density at radius 3 is 2.20 bits per heavy atom. The van der Waals surface area contributed by atoms with Crippen molar-refractivity contribution in [1.82, 2.24) is 19.4 Å². The van der Waals surface area contributed by atoms with Crippen LogP contribution in [0.3, 0.4) is 0 Å². The van der Waals surface area contributed by atoms with E-state index in [2.05, 4.69) is 19.4 Å². The minimum absolute atomic E-state index is 0.310. The van der Waals surface area contributed by atoms with Gasteiger partial charge in [-0.2, -0.15) is 13.2 Å². The molecule has 1 atom stereocenters. The van der Waals surface area contributed by atoms with Gasteiger partial charge in [-0.3, -0.25) is 0 Å². The zero-order chi connectivity index (χ0) is 21.6. The fourth-order valence-corrected chi connectivity index (χ4v) is 4.19. The molecule has 2 N–H and O–H groups in total. The first kappa shape index (κ1) is 22.9. The molecular weight excluding hydrogens is 421 g/mol. The molecule has 2 aliphatic rings. The number of nitrogens with one attached hydrogen (secondary N) is 2. The van der Waals surface area contributed by atoms with Gasteiger partial charge in [0.05, 0.1) is 0 Å². The molecule has 2 fully saturated rings. The summed E-state index contributed by atoms with van der Waals surface area (Å²) in [6.45, 7) is 3.61. The first-order valence-corrected chi connectivity index (χ1v) is 11.3. The van der Waals surface area contributed by atoms with Gasteiger partial charge in [0.2, 0.25) is 5.82 Å². The molecule has 2 aliphatic heterocycles. The quantitative estimate of drug-likeness (QED) is 0.418. The van der Waals surface area contributed by atoms with Gasteiger partial charge in [0.1, 0.15) is 17.9 Å². The number of alkyl halides is 3. The SMILES string of the molecule is O=CCCNS(=O)NCCC1CCN(c2cc(N3CCC3)nc(C(F)(F)F)n2)CC1. The van der Waals surface area contributed by atoms with E-state index >= 15 is 0 Å². The van der Waals surface area contributed by atoms with Crippen molar-refractivity contribution in [2.24, 2.45) is 5.92 Å². The van der Waals surface area contributed by atoms with E-state index in [-0.39, 0.29) is 0 Å². The topological polar surface area (TPSA) is 90.5 Å². The first-order valence-electron chi connectivity index (χ1n) is 10.2. The first-order chi connectivity index (χ1) is 14.4. The van der Waals surface area contributed by atoms with Crippen LogP contribution in [0.15, 0.2) is 6.07 Å². The Hall–Kier alpha value is -1.79. The lowest BCUT2D eigenvalue weighted by atomic mass is 9.93. The highest BCUT2D eigenvalue weighted by Crippen LogP contribution is 2.32. The number of carbonyl (C=O) groups is 1. The van der Waals surface area contributed by atoms with Gasteiger partial charge in [-0.25, -0.2) is 23.6 Å². The van der Waals surface area contributed by atoms with E-state index in [4.69, 9.17) is 0 Å². The summed E-state index contributed by atoms with van der Waals surface area (Å²) in [6.07, 6.45) is -0.0586. The van der Waals surface area contributed by atoms with E-state index < -0.39 is 23.2 Å². The summed E-state index contributed by atoms with van der Waals surface area (Å²) in [5, 5.41) is 0. The van der Waals surface area contributed by atoms with E-state index in [1.807, 2.05) is 9.80 Å². The summed E-state index contributed by atoms with van der Waals surface area (Å²) in [7, 11) is 0. The molecule has 30 heavy (non-hydrogen) atoms. The van der Waals surface area contributed by atoms with Crippen LogP contribution >= 0.6 is 0 Å². The summed E-state index contributed by atoms with van der Waals surface area (Å²) in [5.41, 5.74) is 0. The minimum atomic E-state index is -4.57. The molecule has 1 aromatic rings. The number of hydrogen-bond acceptors (Lipinski definition) is 6. The standard InChI is InChI=1S/C18H27F3N6O2S/c19-18(20,21)17-24-15(26-8-2-9-26)13-16(25-17)27-10-4-14(5-11-27)3-7-23-30(29)22-6-1-12-28/h12-14,22-23H,1-11H2. The third kappa shape index (κ3) is 6.35. The molecule has 168 valence electrons. The van der Waals surface area contributed by atoms with Crippen LogP contribution in [0.25, 0.3) is 0 Å². The molecule has 12 heteroatoms. The van der Waals surface area contributed by atoms with Crippen LogP contribution in [0.2, 0.25) is 0 Å². The maximum atomic E-state index is 13.2. The number of nitrogens with zero attached hydrogens (tertiary/aromatic N) is 4. The van der Waals surface area contributed by atoms with Crippen LogP contribution in [0.1, 0.15) is 37.9 Å². The van der Waals surface area contributed by atoms with Crippen molar-refractivity contribution in [2.45, 2.75) is 38.3 Å². The Morgan fingerprint density at radius 2 is 1.67 bits per heavy atom. The average molecular weight is 449 g/mol. The van der Waals surface area contributed by atoms with Crippen molar-refractivity contribution < 1.29 is 22.2 Å². The highest BCUT2D eigenvalue weighted by Gasteiger charge is 2.37. The number of aromatic nitrogens is 2. The number of rotatable bonds is 10. The molecular formula is C18H27F3N6O2S. The number of aldehydes is 1. The van der Waals surface area contributed by atoms with Gasteiger partial charge in [-0.1, -0.05) is 0 Å². The van der Waals surface area contributed by atoms with Crippen molar-refractivity contribution in [3.05, 3.63) is 11.9 Å².